The zero-order valence-corrected chi connectivity index (χ0v) is 14.9. The molecule has 0 spiro atoms. The summed E-state index contributed by atoms with van der Waals surface area (Å²) in [6, 6.07) is 12.8. The van der Waals surface area contributed by atoms with Gasteiger partial charge in [-0.3, -0.25) is 0 Å². The van der Waals surface area contributed by atoms with Crippen LogP contribution in [0.15, 0.2) is 40.9 Å². The van der Waals surface area contributed by atoms with E-state index >= 15 is 0 Å². The Kier molecular flexibility index (Phi) is 5.41. The Bertz CT molecular complexity index is 614. The van der Waals surface area contributed by atoms with E-state index in [2.05, 4.69) is 59.3 Å². The van der Waals surface area contributed by atoms with E-state index < -0.39 is 0 Å². The average Bonchev–Trinajstić information content (AvgIpc) is 2.54. The molecule has 0 heterocycles. The monoisotopic (exact) mass is 360 g/mol. The van der Waals surface area contributed by atoms with Crippen LogP contribution in [0.4, 0.5) is 0 Å². The summed E-state index contributed by atoms with van der Waals surface area (Å²) in [5.41, 5.74) is 0. The first kappa shape index (κ1) is 15.9. The zero-order chi connectivity index (χ0) is 15.4. The molecule has 0 radical (unpaired) electrons. The fraction of sp³-hybridized carbons (Fsp3) is 0.500. The van der Waals surface area contributed by atoms with Gasteiger partial charge in [-0.05, 0) is 59.7 Å². The van der Waals surface area contributed by atoms with Crippen LogP contribution in [0.1, 0.15) is 45.4 Å². The summed E-state index contributed by atoms with van der Waals surface area (Å²) in [6.07, 6.45) is 8.21. The van der Waals surface area contributed by atoms with Crippen LogP contribution in [0.3, 0.4) is 0 Å². The van der Waals surface area contributed by atoms with Crippen molar-refractivity contribution in [2.75, 3.05) is 6.61 Å². The van der Waals surface area contributed by atoms with Crippen molar-refractivity contribution in [3.8, 4) is 5.75 Å². The third kappa shape index (κ3) is 4.04. The van der Waals surface area contributed by atoms with Crippen molar-refractivity contribution in [2.24, 2.45) is 11.8 Å². The molecule has 0 saturated heterocycles. The van der Waals surface area contributed by atoms with E-state index in [1.807, 2.05) is 0 Å². The van der Waals surface area contributed by atoms with Crippen molar-refractivity contribution in [3.63, 3.8) is 0 Å². The maximum atomic E-state index is 6.07. The lowest BCUT2D eigenvalue weighted by atomic mass is 9.80. The Hall–Kier alpha value is -1.02. The van der Waals surface area contributed by atoms with E-state index in [1.54, 1.807) is 0 Å². The van der Waals surface area contributed by atoms with Crippen LogP contribution in [0.2, 0.25) is 0 Å². The number of fused-ring (bicyclic) bond motifs is 1. The highest BCUT2D eigenvalue weighted by Gasteiger charge is 2.20. The highest BCUT2D eigenvalue weighted by molar-refractivity contribution is 9.10. The molecule has 0 aromatic heterocycles. The second-order valence-electron chi connectivity index (χ2n) is 6.64. The fourth-order valence-electron chi connectivity index (χ4n) is 3.59. The Morgan fingerprint density at radius 1 is 0.955 bits per heavy atom. The number of hydrogen-bond donors (Lipinski definition) is 0. The van der Waals surface area contributed by atoms with Crippen LogP contribution in [0, 0.1) is 11.8 Å². The predicted molar refractivity (Wildman–Crippen MR) is 97.5 cm³/mol. The molecule has 0 aliphatic heterocycles. The van der Waals surface area contributed by atoms with Crippen LogP contribution in [0.5, 0.6) is 5.75 Å². The molecule has 1 fully saturated rings. The van der Waals surface area contributed by atoms with Crippen LogP contribution in [-0.4, -0.2) is 6.61 Å². The minimum Gasteiger partial charge on any atom is -0.493 e. The summed E-state index contributed by atoms with van der Waals surface area (Å²) in [7, 11) is 0. The molecule has 1 aliphatic rings. The molecule has 0 bridgehead atoms. The smallest absolute Gasteiger partial charge is 0.119 e. The highest BCUT2D eigenvalue weighted by Crippen LogP contribution is 2.32. The second kappa shape index (κ2) is 7.50. The van der Waals surface area contributed by atoms with Gasteiger partial charge in [0.05, 0.1) is 6.61 Å². The quantitative estimate of drug-likeness (QED) is 0.584. The Morgan fingerprint density at radius 3 is 2.41 bits per heavy atom. The number of rotatable bonds is 5. The van der Waals surface area contributed by atoms with E-state index in [-0.39, 0.29) is 0 Å². The van der Waals surface area contributed by atoms with E-state index in [1.165, 1.54) is 49.3 Å². The Morgan fingerprint density at radius 2 is 1.64 bits per heavy atom. The number of ether oxygens (including phenoxy) is 1. The predicted octanol–water partition coefficient (Wildman–Crippen LogP) is 6.59. The van der Waals surface area contributed by atoms with Crippen LogP contribution >= 0.6 is 15.9 Å². The molecule has 2 heteroatoms. The van der Waals surface area contributed by atoms with Gasteiger partial charge in [0, 0.05) is 4.47 Å². The van der Waals surface area contributed by atoms with Crippen molar-refractivity contribution < 1.29 is 4.74 Å². The summed E-state index contributed by atoms with van der Waals surface area (Å²) in [5.74, 6) is 2.72. The molecule has 3 rings (SSSR count). The van der Waals surface area contributed by atoms with Gasteiger partial charge in [0.1, 0.15) is 5.75 Å². The Labute approximate surface area is 142 Å². The highest BCUT2D eigenvalue weighted by atomic mass is 79.9. The lowest BCUT2D eigenvalue weighted by molar-refractivity contribution is 0.179. The first-order chi connectivity index (χ1) is 10.7. The van der Waals surface area contributed by atoms with Crippen LogP contribution in [0.25, 0.3) is 10.8 Å². The lowest BCUT2D eigenvalue weighted by Crippen LogP contribution is -2.20. The Balaban J connectivity index is 1.55. The summed E-state index contributed by atoms with van der Waals surface area (Å²) in [4.78, 5) is 0. The van der Waals surface area contributed by atoms with Crippen LogP contribution in [-0.2, 0) is 0 Å². The molecular weight excluding hydrogens is 336 g/mol. The third-order valence-corrected chi connectivity index (χ3v) is 5.42. The lowest BCUT2D eigenvalue weighted by Gasteiger charge is -2.28. The van der Waals surface area contributed by atoms with Crippen LogP contribution < -0.4 is 4.74 Å². The number of halogens is 1. The molecule has 118 valence electrons. The minimum absolute atomic E-state index is 0.744. The van der Waals surface area contributed by atoms with Crippen molar-refractivity contribution in [1.29, 1.82) is 0 Å². The van der Waals surface area contributed by atoms with E-state index in [9.17, 15) is 0 Å². The average molecular weight is 361 g/mol. The number of hydrogen-bond acceptors (Lipinski definition) is 1. The van der Waals surface area contributed by atoms with Gasteiger partial charge >= 0.3 is 0 Å². The van der Waals surface area contributed by atoms with Crippen molar-refractivity contribution in [2.45, 2.75) is 45.4 Å². The third-order valence-electron chi connectivity index (χ3n) is 4.92. The van der Waals surface area contributed by atoms with Gasteiger partial charge in [-0.15, -0.1) is 0 Å². The van der Waals surface area contributed by atoms with Gasteiger partial charge in [0.25, 0.3) is 0 Å². The van der Waals surface area contributed by atoms with Crippen molar-refractivity contribution in [1.82, 2.24) is 0 Å². The van der Waals surface area contributed by atoms with Gasteiger partial charge in [-0.25, -0.2) is 0 Å². The SMILES string of the molecule is CCCC1CCC(COc2ccc3cc(Br)ccc3c2)CC1. The zero-order valence-electron chi connectivity index (χ0n) is 13.4. The maximum Gasteiger partial charge on any atom is 0.119 e. The molecule has 2 aromatic carbocycles. The van der Waals surface area contributed by atoms with Gasteiger partial charge in [-0.2, -0.15) is 0 Å². The molecule has 1 aliphatic carbocycles. The van der Waals surface area contributed by atoms with Gasteiger partial charge in [0.15, 0.2) is 0 Å². The maximum absolute atomic E-state index is 6.07. The summed E-state index contributed by atoms with van der Waals surface area (Å²) < 4.78 is 7.19. The molecule has 2 aromatic rings. The van der Waals surface area contributed by atoms with Gasteiger partial charge in [-0.1, -0.05) is 60.7 Å². The standard InChI is InChI=1S/C20H25BrO/c1-2-3-15-4-6-16(7-5-15)14-22-20-11-9-17-12-19(21)10-8-18(17)13-20/h8-13,15-16H,2-7,14H2,1H3. The first-order valence-electron chi connectivity index (χ1n) is 8.56. The molecule has 0 amide bonds. The molecule has 0 N–H and O–H groups in total. The van der Waals surface area contributed by atoms with Crippen molar-refractivity contribution in [3.05, 3.63) is 40.9 Å². The fourth-order valence-corrected chi connectivity index (χ4v) is 3.97. The molecular formula is C20H25BrO. The first-order valence-corrected chi connectivity index (χ1v) is 9.36. The largest absolute Gasteiger partial charge is 0.493 e. The van der Waals surface area contributed by atoms with Gasteiger partial charge < -0.3 is 4.74 Å². The normalized spacial score (nSPS) is 21.9. The molecule has 1 saturated carbocycles. The molecule has 1 nitrogen and oxygen atoms in total. The summed E-state index contributed by atoms with van der Waals surface area (Å²) in [6.45, 7) is 3.17. The second-order valence-corrected chi connectivity index (χ2v) is 7.56. The summed E-state index contributed by atoms with van der Waals surface area (Å²) in [5, 5.41) is 2.49. The molecule has 0 unspecified atom stereocenters. The van der Waals surface area contributed by atoms with Crippen molar-refractivity contribution >= 4 is 26.7 Å². The van der Waals surface area contributed by atoms with E-state index in [0.717, 1.165) is 28.7 Å². The number of benzene rings is 2. The van der Waals surface area contributed by atoms with E-state index in [0.29, 0.717) is 0 Å². The minimum atomic E-state index is 0.744. The van der Waals surface area contributed by atoms with Gasteiger partial charge in [0.2, 0.25) is 0 Å². The topological polar surface area (TPSA) is 9.23 Å². The summed E-state index contributed by atoms with van der Waals surface area (Å²) >= 11 is 3.52. The van der Waals surface area contributed by atoms with E-state index in [4.69, 9.17) is 4.74 Å². The molecule has 0 atom stereocenters. The molecule has 22 heavy (non-hydrogen) atoms.